The molecular formula is C15H23BrNO5P. The molecule has 1 N–H and O–H groups in total. The normalized spacial score (nSPS) is 12.9. The van der Waals surface area contributed by atoms with E-state index in [4.69, 9.17) is 9.05 Å². The zero-order valence-corrected chi connectivity index (χ0v) is 16.0. The summed E-state index contributed by atoms with van der Waals surface area (Å²) in [4.78, 5) is 11.2. The number of halogens is 1. The van der Waals surface area contributed by atoms with Gasteiger partial charge in [-0.1, -0.05) is 34.1 Å². The molecule has 0 saturated heterocycles. The van der Waals surface area contributed by atoms with Crippen LogP contribution < -0.4 is 0 Å². The highest BCUT2D eigenvalue weighted by molar-refractivity contribution is 9.10. The van der Waals surface area contributed by atoms with E-state index in [9.17, 15) is 14.6 Å². The topological polar surface area (TPSA) is 76.1 Å². The minimum absolute atomic E-state index is 0.0332. The summed E-state index contributed by atoms with van der Waals surface area (Å²) in [5.74, 6) is -0.474. The van der Waals surface area contributed by atoms with Crippen LogP contribution in [0.3, 0.4) is 0 Å². The Morgan fingerprint density at radius 1 is 1.30 bits per heavy atom. The third-order valence-electron chi connectivity index (χ3n) is 3.24. The SMILES string of the molecule is CCOP(=O)(OCC)C(CCN(O)C(C)=O)c1ccccc1Br. The van der Waals surface area contributed by atoms with Crippen LogP contribution in [0.15, 0.2) is 28.7 Å². The van der Waals surface area contributed by atoms with Crippen molar-refractivity contribution in [1.82, 2.24) is 5.06 Å². The van der Waals surface area contributed by atoms with Crippen LogP contribution in [0, 0.1) is 0 Å². The molecule has 0 aromatic heterocycles. The summed E-state index contributed by atoms with van der Waals surface area (Å²) < 4.78 is 24.9. The third-order valence-corrected chi connectivity index (χ3v) is 6.50. The van der Waals surface area contributed by atoms with Crippen LogP contribution in [0.1, 0.15) is 38.4 Å². The van der Waals surface area contributed by atoms with Gasteiger partial charge in [-0.15, -0.1) is 0 Å². The number of benzene rings is 1. The van der Waals surface area contributed by atoms with Gasteiger partial charge in [-0.3, -0.25) is 14.6 Å². The van der Waals surface area contributed by atoms with Gasteiger partial charge in [0.1, 0.15) is 0 Å². The zero-order valence-electron chi connectivity index (χ0n) is 13.6. The number of nitrogens with zero attached hydrogens (tertiary/aromatic N) is 1. The van der Waals surface area contributed by atoms with Gasteiger partial charge in [-0.05, 0) is 31.9 Å². The Kier molecular flexibility index (Phi) is 8.44. The molecule has 1 amide bonds. The Morgan fingerprint density at radius 2 is 1.87 bits per heavy atom. The minimum Gasteiger partial charge on any atom is -0.308 e. The van der Waals surface area contributed by atoms with Gasteiger partial charge in [0, 0.05) is 17.9 Å². The fraction of sp³-hybridized carbons (Fsp3) is 0.533. The monoisotopic (exact) mass is 407 g/mol. The molecule has 0 aliphatic heterocycles. The van der Waals surface area contributed by atoms with Crippen molar-refractivity contribution in [2.75, 3.05) is 19.8 Å². The highest BCUT2D eigenvalue weighted by atomic mass is 79.9. The quantitative estimate of drug-likeness (QED) is 0.373. The Balaban J connectivity index is 3.17. The van der Waals surface area contributed by atoms with Gasteiger partial charge in [-0.2, -0.15) is 0 Å². The number of hydroxylamine groups is 2. The maximum Gasteiger partial charge on any atom is 0.338 e. The van der Waals surface area contributed by atoms with E-state index in [2.05, 4.69) is 15.9 Å². The predicted octanol–water partition coefficient (Wildman–Crippen LogP) is 4.38. The van der Waals surface area contributed by atoms with E-state index in [1.54, 1.807) is 13.8 Å². The second kappa shape index (κ2) is 9.55. The summed E-state index contributed by atoms with van der Waals surface area (Å²) in [6.45, 7) is 5.28. The Morgan fingerprint density at radius 3 is 2.35 bits per heavy atom. The summed E-state index contributed by atoms with van der Waals surface area (Å²) in [7, 11) is -3.44. The van der Waals surface area contributed by atoms with Crippen molar-refractivity contribution in [2.45, 2.75) is 32.9 Å². The van der Waals surface area contributed by atoms with Gasteiger partial charge < -0.3 is 9.05 Å². The molecule has 0 saturated carbocycles. The lowest BCUT2D eigenvalue weighted by atomic mass is 10.1. The first-order chi connectivity index (χ1) is 10.9. The molecule has 0 radical (unpaired) electrons. The van der Waals surface area contributed by atoms with Crippen LogP contribution in [-0.2, 0) is 18.4 Å². The molecule has 0 aliphatic rings. The molecule has 1 unspecified atom stereocenters. The number of amides is 1. The largest absolute Gasteiger partial charge is 0.338 e. The summed E-state index contributed by atoms with van der Waals surface area (Å²) in [5, 5.41) is 10.2. The van der Waals surface area contributed by atoms with E-state index in [-0.39, 0.29) is 26.2 Å². The molecular weight excluding hydrogens is 385 g/mol. The maximum atomic E-state index is 13.2. The summed E-state index contributed by atoms with van der Waals surface area (Å²) in [6.07, 6.45) is 0.246. The lowest BCUT2D eigenvalue weighted by molar-refractivity contribution is -0.162. The summed E-state index contributed by atoms with van der Waals surface area (Å²) >= 11 is 3.45. The van der Waals surface area contributed by atoms with Gasteiger partial charge in [0.25, 0.3) is 0 Å². The second-order valence-corrected chi connectivity index (χ2v) is 7.92. The molecule has 1 atom stereocenters. The van der Waals surface area contributed by atoms with E-state index in [0.29, 0.717) is 5.06 Å². The number of carbonyl (C=O) groups is 1. The van der Waals surface area contributed by atoms with Crippen LogP contribution in [-0.4, -0.2) is 35.9 Å². The first kappa shape index (κ1) is 20.3. The first-order valence-corrected chi connectivity index (χ1v) is 9.86. The number of hydrogen-bond acceptors (Lipinski definition) is 5. The molecule has 0 heterocycles. The molecule has 8 heteroatoms. The van der Waals surface area contributed by atoms with E-state index >= 15 is 0 Å². The molecule has 130 valence electrons. The molecule has 0 aliphatic carbocycles. The number of rotatable bonds is 9. The van der Waals surface area contributed by atoms with Crippen molar-refractivity contribution < 1.29 is 23.6 Å². The third kappa shape index (κ3) is 5.69. The molecule has 6 nitrogen and oxygen atoms in total. The van der Waals surface area contributed by atoms with Crippen molar-refractivity contribution in [2.24, 2.45) is 0 Å². The standard InChI is InChI=1S/C15H23BrNO5P/c1-4-21-23(20,22-5-2)15(10-11-17(19)12(3)18)13-8-6-7-9-14(13)16/h6-9,15,19H,4-5,10-11H2,1-3H3. The molecule has 1 aromatic carbocycles. The van der Waals surface area contributed by atoms with E-state index in [1.807, 2.05) is 24.3 Å². The molecule has 0 spiro atoms. The highest BCUT2D eigenvalue weighted by Gasteiger charge is 2.38. The maximum absolute atomic E-state index is 13.2. The van der Waals surface area contributed by atoms with Crippen LogP contribution in [0.25, 0.3) is 0 Å². The molecule has 0 fully saturated rings. The highest BCUT2D eigenvalue weighted by Crippen LogP contribution is 2.63. The first-order valence-electron chi connectivity index (χ1n) is 7.45. The van der Waals surface area contributed by atoms with Crippen molar-refractivity contribution in [3.8, 4) is 0 Å². The van der Waals surface area contributed by atoms with E-state index in [1.165, 1.54) is 6.92 Å². The van der Waals surface area contributed by atoms with E-state index < -0.39 is 19.2 Å². The van der Waals surface area contributed by atoms with Crippen LogP contribution in [0.4, 0.5) is 0 Å². The fourth-order valence-electron chi connectivity index (χ4n) is 2.21. The van der Waals surface area contributed by atoms with Gasteiger partial charge in [0.15, 0.2) is 0 Å². The Bertz CT molecular complexity index is 559. The van der Waals surface area contributed by atoms with Crippen molar-refractivity contribution in [3.05, 3.63) is 34.3 Å². The molecule has 23 heavy (non-hydrogen) atoms. The predicted molar refractivity (Wildman–Crippen MR) is 91.5 cm³/mol. The summed E-state index contributed by atoms with van der Waals surface area (Å²) in [5.41, 5.74) is 0.168. The smallest absolute Gasteiger partial charge is 0.308 e. The van der Waals surface area contributed by atoms with Gasteiger partial charge in [0.2, 0.25) is 5.91 Å². The molecule has 1 rings (SSSR count). The Labute approximate surface area is 145 Å². The zero-order chi connectivity index (χ0) is 17.5. The average Bonchev–Trinajstić information content (AvgIpc) is 2.49. The lowest BCUT2D eigenvalue weighted by Gasteiger charge is -2.28. The van der Waals surface area contributed by atoms with Crippen molar-refractivity contribution in [3.63, 3.8) is 0 Å². The number of hydrogen-bond donors (Lipinski definition) is 1. The average molecular weight is 408 g/mol. The van der Waals surface area contributed by atoms with Crippen LogP contribution >= 0.6 is 23.5 Å². The summed E-state index contributed by atoms with van der Waals surface area (Å²) in [6, 6.07) is 7.35. The lowest BCUT2D eigenvalue weighted by Crippen LogP contribution is -2.27. The molecule has 0 bridgehead atoms. The number of carbonyl (C=O) groups excluding carboxylic acids is 1. The fourth-order valence-corrected chi connectivity index (χ4v) is 5.10. The van der Waals surface area contributed by atoms with Crippen LogP contribution in [0.5, 0.6) is 0 Å². The van der Waals surface area contributed by atoms with Gasteiger partial charge >= 0.3 is 7.60 Å². The Hall–Kier alpha value is -0.720. The van der Waals surface area contributed by atoms with Gasteiger partial charge in [0.05, 0.1) is 18.9 Å². The van der Waals surface area contributed by atoms with E-state index in [0.717, 1.165) is 10.0 Å². The van der Waals surface area contributed by atoms with Crippen molar-refractivity contribution in [1.29, 1.82) is 0 Å². The molecule has 1 aromatic rings. The second-order valence-electron chi connectivity index (χ2n) is 4.84. The van der Waals surface area contributed by atoms with Crippen molar-refractivity contribution >= 4 is 29.4 Å². The van der Waals surface area contributed by atoms with Gasteiger partial charge in [-0.25, -0.2) is 5.06 Å². The minimum atomic E-state index is -3.44. The van der Waals surface area contributed by atoms with Crippen LogP contribution in [0.2, 0.25) is 0 Å².